The summed E-state index contributed by atoms with van der Waals surface area (Å²) in [6, 6.07) is 18.3. The summed E-state index contributed by atoms with van der Waals surface area (Å²) in [6.07, 6.45) is 6.52. The van der Waals surface area contributed by atoms with Crippen molar-refractivity contribution in [2.45, 2.75) is 13.3 Å². The van der Waals surface area contributed by atoms with E-state index in [4.69, 9.17) is 4.74 Å². The molecule has 4 rings (SSSR count). The summed E-state index contributed by atoms with van der Waals surface area (Å²) in [7, 11) is 0. The Bertz CT molecular complexity index is 1010. The second-order valence-electron chi connectivity index (χ2n) is 6.31. The maximum atomic E-state index is 5.88. The Hall–Kier alpha value is -3.27. The van der Waals surface area contributed by atoms with E-state index in [9.17, 15) is 0 Å². The van der Waals surface area contributed by atoms with E-state index in [-0.39, 0.29) is 0 Å². The van der Waals surface area contributed by atoms with Gasteiger partial charge in [0.1, 0.15) is 11.5 Å². The van der Waals surface area contributed by atoms with Crippen LogP contribution in [0.1, 0.15) is 11.1 Å². The van der Waals surface area contributed by atoms with Crippen LogP contribution in [0.4, 0.5) is 5.69 Å². The molecule has 0 fully saturated rings. The summed E-state index contributed by atoms with van der Waals surface area (Å²) in [5.41, 5.74) is 4.71. The Balaban J connectivity index is 1.39. The highest BCUT2D eigenvalue weighted by atomic mass is 16.5. The van der Waals surface area contributed by atoms with Gasteiger partial charge in [-0.15, -0.1) is 0 Å². The van der Waals surface area contributed by atoms with Gasteiger partial charge in [-0.05, 0) is 60.9 Å². The minimum absolute atomic E-state index is 0.746. The van der Waals surface area contributed by atoms with Gasteiger partial charge in [-0.25, -0.2) is 0 Å². The zero-order valence-electron chi connectivity index (χ0n) is 14.7. The third-order valence-electron chi connectivity index (χ3n) is 4.44. The number of H-pyrrole nitrogens is 1. The fourth-order valence-electron chi connectivity index (χ4n) is 3.09. The number of rotatable bonds is 6. The molecule has 2 N–H and O–H groups in total. The normalized spacial score (nSPS) is 10.8. The summed E-state index contributed by atoms with van der Waals surface area (Å²) >= 11 is 0. The average Bonchev–Trinajstić information content (AvgIpc) is 3.08. The standard InChI is InChI=1S/C22H21N3O/c1-16-13-18(8-9-22(16)26-19-5-4-11-23-15-19)24-12-10-17-14-25-21-7-3-2-6-20(17)21/h2-9,11,13-15,24-25H,10,12H2,1H3. The lowest BCUT2D eigenvalue weighted by molar-refractivity contribution is 0.476. The van der Waals surface area contributed by atoms with Gasteiger partial charge in [0.05, 0.1) is 6.20 Å². The molecule has 4 heteroatoms. The molecule has 0 amide bonds. The van der Waals surface area contributed by atoms with E-state index in [2.05, 4.69) is 58.7 Å². The Kier molecular flexibility index (Phi) is 4.56. The van der Waals surface area contributed by atoms with Crippen molar-refractivity contribution in [1.82, 2.24) is 9.97 Å². The number of hydrogen-bond donors (Lipinski definition) is 2. The fraction of sp³-hybridized carbons (Fsp3) is 0.136. The van der Waals surface area contributed by atoms with E-state index in [1.165, 1.54) is 16.5 Å². The number of benzene rings is 2. The van der Waals surface area contributed by atoms with Gasteiger partial charge >= 0.3 is 0 Å². The molecule has 0 aliphatic heterocycles. The molecule has 0 radical (unpaired) electrons. The molecule has 0 atom stereocenters. The van der Waals surface area contributed by atoms with Gasteiger partial charge in [0.15, 0.2) is 0 Å². The number of hydrogen-bond acceptors (Lipinski definition) is 3. The molecule has 0 aliphatic rings. The predicted octanol–water partition coefficient (Wildman–Crippen LogP) is 5.32. The molecule has 0 saturated carbocycles. The lowest BCUT2D eigenvalue weighted by Gasteiger charge is -2.11. The van der Waals surface area contributed by atoms with Crippen LogP contribution in [0.15, 0.2) is 73.2 Å². The first-order valence-electron chi connectivity index (χ1n) is 8.77. The number of para-hydroxylation sites is 1. The smallest absolute Gasteiger partial charge is 0.145 e. The molecule has 0 bridgehead atoms. The molecule has 4 nitrogen and oxygen atoms in total. The van der Waals surface area contributed by atoms with Gasteiger partial charge in [-0.2, -0.15) is 0 Å². The molecule has 4 aromatic rings. The molecule has 0 aliphatic carbocycles. The van der Waals surface area contributed by atoms with Gasteiger partial charge in [-0.1, -0.05) is 18.2 Å². The van der Waals surface area contributed by atoms with Crippen LogP contribution in [-0.4, -0.2) is 16.5 Å². The molecular formula is C22H21N3O. The van der Waals surface area contributed by atoms with Crippen LogP contribution >= 0.6 is 0 Å². The SMILES string of the molecule is Cc1cc(NCCc2c[nH]c3ccccc23)ccc1Oc1cccnc1. The fourth-order valence-corrected chi connectivity index (χ4v) is 3.09. The van der Waals surface area contributed by atoms with Crippen molar-refractivity contribution in [2.24, 2.45) is 0 Å². The molecule has 130 valence electrons. The highest BCUT2D eigenvalue weighted by Crippen LogP contribution is 2.27. The minimum atomic E-state index is 0.746. The molecule has 2 aromatic carbocycles. The highest BCUT2D eigenvalue weighted by molar-refractivity contribution is 5.83. The van der Waals surface area contributed by atoms with Crippen molar-refractivity contribution in [3.05, 3.63) is 84.3 Å². The number of aromatic amines is 1. The number of nitrogens with zero attached hydrogens (tertiary/aromatic N) is 1. The summed E-state index contributed by atoms with van der Waals surface area (Å²) in [4.78, 5) is 7.40. The van der Waals surface area contributed by atoms with E-state index in [1.54, 1.807) is 12.4 Å². The zero-order valence-corrected chi connectivity index (χ0v) is 14.7. The van der Waals surface area contributed by atoms with Crippen molar-refractivity contribution < 1.29 is 4.74 Å². The molecule has 2 aromatic heterocycles. The van der Waals surface area contributed by atoms with Crippen molar-refractivity contribution >= 4 is 16.6 Å². The molecule has 0 unspecified atom stereocenters. The number of aryl methyl sites for hydroxylation is 1. The van der Waals surface area contributed by atoms with Gasteiger partial charge in [0.2, 0.25) is 0 Å². The molecule has 2 heterocycles. The van der Waals surface area contributed by atoms with Gasteiger partial charge in [-0.3, -0.25) is 4.98 Å². The Morgan fingerprint density at radius 2 is 2.00 bits per heavy atom. The van der Waals surface area contributed by atoms with Crippen LogP contribution < -0.4 is 10.1 Å². The Morgan fingerprint density at radius 1 is 1.08 bits per heavy atom. The Labute approximate surface area is 152 Å². The topological polar surface area (TPSA) is 49.9 Å². The summed E-state index contributed by atoms with van der Waals surface area (Å²) in [5.74, 6) is 1.59. The average molecular weight is 343 g/mol. The van der Waals surface area contributed by atoms with E-state index in [1.807, 2.05) is 24.3 Å². The van der Waals surface area contributed by atoms with Crippen LogP contribution in [0.25, 0.3) is 10.9 Å². The van der Waals surface area contributed by atoms with Crippen LogP contribution in [-0.2, 0) is 6.42 Å². The second kappa shape index (κ2) is 7.31. The zero-order chi connectivity index (χ0) is 17.8. The first-order chi connectivity index (χ1) is 12.8. The van der Waals surface area contributed by atoms with E-state index in [0.29, 0.717) is 0 Å². The number of fused-ring (bicyclic) bond motifs is 1. The monoisotopic (exact) mass is 343 g/mol. The Morgan fingerprint density at radius 3 is 2.85 bits per heavy atom. The van der Waals surface area contributed by atoms with Crippen molar-refractivity contribution in [1.29, 1.82) is 0 Å². The molecule has 0 saturated heterocycles. The largest absolute Gasteiger partial charge is 0.455 e. The summed E-state index contributed by atoms with van der Waals surface area (Å²) in [5, 5.41) is 4.79. The van der Waals surface area contributed by atoms with Crippen molar-refractivity contribution in [3.8, 4) is 11.5 Å². The van der Waals surface area contributed by atoms with Crippen molar-refractivity contribution in [3.63, 3.8) is 0 Å². The first kappa shape index (κ1) is 16.2. The van der Waals surface area contributed by atoms with Gasteiger partial charge in [0, 0.05) is 35.5 Å². The van der Waals surface area contributed by atoms with Crippen LogP contribution in [0.3, 0.4) is 0 Å². The van der Waals surface area contributed by atoms with Crippen LogP contribution in [0, 0.1) is 6.92 Å². The van der Waals surface area contributed by atoms with E-state index >= 15 is 0 Å². The molecule has 0 spiro atoms. The maximum absolute atomic E-state index is 5.88. The minimum Gasteiger partial charge on any atom is -0.455 e. The number of anilines is 1. The summed E-state index contributed by atoms with van der Waals surface area (Å²) in [6.45, 7) is 2.93. The highest BCUT2D eigenvalue weighted by Gasteiger charge is 2.05. The molecular weight excluding hydrogens is 322 g/mol. The third kappa shape index (κ3) is 3.54. The lowest BCUT2D eigenvalue weighted by Crippen LogP contribution is -2.04. The predicted molar refractivity (Wildman–Crippen MR) is 106 cm³/mol. The summed E-state index contributed by atoms with van der Waals surface area (Å²) < 4.78 is 5.88. The van der Waals surface area contributed by atoms with Gasteiger partial charge < -0.3 is 15.0 Å². The first-order valence-corrected chi connectivity index (χ1v) is 8.77. The number of ether oxygens (including phenoxy) is 1. The number of pyridine rings is 1. The van der Waals surface area contributed by atoms with Gasteiger partial charge in [0.25, 0.3) is 0 Å². The van der Waals surface area contributed by atoms with Crippen LogP contribution in [0.5, 0.6) is 11.5 Å². The van der Waals surface area contributed by atoms with Crippen molar-refractivity contribution in [2.75, 3.05) is 11.9 Å². The molecule has 26 heavy (non-hydrogen) atoms. The third-order valence-corrected chi connectivity index (χ3v) is 4.44. The lowest BCUT2D eigenvalue weighted by atomic mass is 10.1. The number of aromatic nitrogens is 2. The van der Waals surface area contributed by atoms with Crippen LogP contribution in [0.2, 0.25) is 0 Å². The maximum Gasteiger partial charge on any atom is 0.145 e. The second-order valence-corrected chi connectivity index (χ2v) is 6.31. The van der Waals surface area contributed by atoms with E-state index in [0.717, 1.165) is 35.7 Å². The number of nitrogens with one attached hydrogen (secondary N) is 2. The quantitative estimate of drug-likeness (QED) is 0.498. The van der Waals surface area contributed by atoms with E-state index < -0.39 is 0 Å².